The number of ether oxygens (including phenoxy) is 1. The molecule has 0 saturated carbocycles. The molecular formula is C10H11NO4S. The molecule has 1 aromatic rings. The standard InChI is InChI=1S/C10H11NO4S/c1-15-9-4-3-8(6-11-7-12)5-10(9)16(2,13)14/h3-5H,6H2,1-2H3. The van der Waals surface area contributed by atoms with Gasteiger partial charge in [0.1, 0.15) is 10.6 Å². The van der Waals surface area contributed by atoms with Crippen LogP contribution in [0.4, 0.5) is 0 Å². The monoisotopic (exact) mass is 241 g/mol. The number of methoxy groups -OCH3 is 1. The zero-order chi connectivity index (χ0) is 12.2. The van der Waals surface area contributed by atoms with Gasteiger partial charge < -0.3 is 4.74 Å². The fourth-order valence-corrected chi connectivity index (χ4v) is 2.12. The summed E-state index contributed by atoms with van der Waals surface area (Å²) < 4.78 is 27.8. The largest absolute Gasteiger partial charge is 0.495 e. The van der Waals surface area contributed by atoms with Gasteiger partial charge in [-0.1, -0.05) is 6.07 Å². The van der Waals surface area contributed by atoms with Crippen molar-refractivity contribution in [3.63, 3.8) is 0 Å². The summed E-state index contributed by atoms with van der Waals surface area (Å²) in [6.07, 6.45) is 2.49. The summed E-state index contributed by atoms with van der Waals surface area (Å²) in [5, 5.41) is 0. The van der Waals surface area contributed by atoms with Crippen molar-refractivity contribution >= 4 is 15.9 Å². The minimum atomic E-state index is -3.36. The highest BCUT2D eigenvalue weighted by Gasteiger charge is 2.14. The first-order valence-corrected chi connectivity index (χ1v) is 6.29. The molecule has 0 unspecified atom stereocenters. The molecule has 16 heavy (non-hydrogen) atoms. The topological polar surface area (TPSA) is 72.8 Å². The number of hydrogen-bond donors (Lipinski definition) is 0. The number of carbonyl (C=O) groups excluding carboxylic acids is 1. The number of rotatable bonds is 4. The molecule has 0 saturated heterocycles. The number of benzene rings is 1. The Kier molecular flexibility index (Phi) is 3.82. The van der Waals surface area contributed by atoms with E-state index in [1.807, 2.05) is 0 Å². The Morgan fingerprint density at radius 3 is 2.62 bits per heavy atom. The summed E-state index contributed by atoms with van der Waals surface area (Å²) in [4.78, 5) is 13.4. The Bertz CT molecular complexity index is 530. The highest BCUT2D eigenvalue weighted by molar-refractivity contribution is 7.90. The van der Waals surface area contributed by atoms with Crippen LogP contribution in [0.1, 0.15) is 5.56 Å². The molecule has 0 aliphatic carbocycles. The molecule has 0 N–H and O–H groups in total. The average Bonchev–Trinajstić information content (AvgIpc) is 2.24. The lowest BCUT2D eigenvalue weighted by molar-refractivity contribution is 0.402. The van der Waals surface area contributed by atoms with Gasteiger partial charge in [-0.25, -0.2) is 18.2 Å². The van der Waals surface area contributed by atoms with Crippen LogP contribution in [0.25, 0.3) is 0 Å². The van der Waals surface area contributed by atoms with Gasteiger partial charge in [-0.2, -0.15) is 0 Å². The second-order valence-electron chi connectivity index (χ2n) is 3.16. The maximum absolute atomic E-state index is 11.5. The first-order chi connectivity index (χ1) is 7.49. The normalized spacial score (nSPS) is 10.6. The molecule has 0 atom stereocenters. The van der Waals surface area contributed by atoms with Gasteiger partial charge in [-0.05, 0) is 17.7 Å². The quantitative estimate of drug-likeness (QED) is 0.580. The van der Waals surface area contributed by atoms with Crippen molar-refractivity contribution in [2.45, 2.75) is 11.4 Å². The molecule has 0 bridgehead atoms. The molecular weight excluding hydrogens is 230 g/mol. The third kappa shape index (κ3) is 2.92. The highest BCUT2D eigenvalue weighted by atomic mass is 32.2. The Morgan fingerprint density at radius 1 is 1.44 bits per heavy atom. The molecule has 0 aliphatic heterocycles. The van der Waals surface area contributed by atoms with E-state index in [-0.39, 0.29) is 17.2 Å². The minimum absolute atomic E-state index is 0.0913. The van der Waals surface area contributed by atoms with Gasteiger partial charge in [0.05, 0.1) is 13.7 Å². The second-order valence-corrected chi connectivity index (χ2v) is 5.15. The first kappa shape index (κ1) is 12.4. The van der Waals surface area contributed by atoms with Crippen molar-refractivity contribution in [1.29, 1.82) is 0 Å². The van der Waals surface area contributed by atoms with Crippen LogP contribution in [0.5, 0.6) is 5.75 Å². The maximum atomic E-state index is 11.5. The van der Waals surface area contributed by atoms with E-state index in [2.05, 4.69) is 4.99 Å². The van der Waals surface area contributed by atoms with E-state index in [0.717, 1.165) is 6.26 Å². The Hall–Kier alpha value is -1.65. The van der Waals surface area contributed by atoms with Crippen molar-refractivity contribution in [2.24, 2.45) is 4.99 Å². The third-order valence-electron chi connectivity index (χ3n) is 1.95. The van der Waals surface area contributed by atoms with E-state index >= 15 is 0 Å². The van der Waals surface area contributed by atoms with Crippen LogP contribution in [0, 0.1) is 0 Å². The number of aliphatic imine (C=N–C) groups is 1. The zero-order valence-electron chi connectivity index (χ0n) is 8.93. The molecule has 5 nitrogen and oxygen atoms in total. The summed E-state index contributed by atoms with van der Waals surface area (Å²) in [5.74, 6) is 0.279. The van der Waals surface area contributed by atoms with Crippen LogP contribution in [0.2, 0.25) is 0 Å². The second kappa shape index (κ2) is 4.92. The fraction of sp³-hybridized carbons (Fsp3) is 0.300. The summed E-state index contributed by atoms with van der Waals surface area (Å²) in [5.41, 5.74) is 0.615. The van der Waals surface area contributed by atoms with Gasteiger partial charge in [0.25, 0.3) is 0 Å². The predicted octanol–water partition coefficient (Wildman–Crippen LogP) is 0.935. The number of sulfone groups is 1. The van der Waals surface area contributed by atoms with Crippen LogP contribution < -0.4 is 4.74 Å². The van der Waals surface area contributed by atoms with Crippen molar-refractivity contribution < 1.29 is 17.9 Å². The van der Waals surface area contributed by atoms with Gasteiger partial charge in [0.2, 0.25) is 6.08 Å². The predicted molar refractivity (Wildman–Crippen MR) is 57.9 cm³/mol. The third-order valence-corrected chi connectivity index (χ3v) is 3.07. The lowest BCUT2D eigenvalue weighted by Crippen LogP contribution is -2.01. The van der Waals surface area contributed by atoms with E-state index in [4.69, 9.17) is 4.74 Å². The summed E-state index contributed by atoms with van der Waals surface area (Å²) >= 11 is 0. The first-order valence-electron chi connectivity index (χ1n) is 4.39. The lowest BCUT2D eigenvalue weighted by Gasteiger charge is -2.07. The zero-order valence-corrected chi connectivity index (χ0v) is 9.74. The number of hydrogen-bond acceptors (Lipinski definition) is 5. The van der Waals surface area contributed by atoms with Crippen LogP contribution in [0.3, 0.4) is 0 Å². The van der Waals surface area contributed by atoms with Crippen LogP contribution in [0.15, 0.2) is 28.1 Å². The number of nitrogens with zero attached hydrogens (tertiary/aromatic N) is 1. The maximum Gasteiger partial charge on any atom is 0.235 e. The molecule has 0 aromatic heterocycles. The SMILES string of the molecule is COc1ccc(CN=C=O)cc1S(C)(=O)=O. The molecule has 86 valence electrons. The van der Waals surface area contributed by atoms with Crippen LogP contribution in [-0.2, 0) is 21.2 Å². The molecule has 0 heterocycles. The minimum Gasteiger partial charge on any atom is -0.495 e. The van der Waals surface area contributed by atoms with Gasteiger partial charge in [0, 0.05) is 6.26 Å². The molecule has 6 heteroatoms. The Labute approximate surface area is 93.7 Å². The van der Waals surface area contributed by atoms with E-state index in [0.29, 0.717) is 5.56 Å². The van der Waals surface area contributed by atoms with E-state index in [1.54, 1.807) is 6.07 Å². The Morgan fingerprint density at radius 2 is 2.12 bits per heavy atom. The van der Waals surface area contributed by atoms with E-state index < -0.39 is 9.84 Å². The van der Waals surface area contributed by atoms with Crippen molar-refractivity contribution in [2.75, 3.05) is 13.4 Å². The van der Waals surface area contributed by atoms with Crippen molar-refractivity contribution in [3.05, 3.63) is 23.8 Å². The van der Waals surface area contributed by atoms with Gasteiger partial charge in [-0.15, -0.1) is 0 Å². The lowest BCUT2D eigenvalue weighted by atomic mass is 10.2. The Balaban J connectivity index is 3.27. The average molecular weight is 241 g/mol. The fourth-order valence-electron chi connectivity index (χ4n) is 1.23. The molecule has 0 aliphatic rings. The summed E-state index contributed by atoms with van der Waals surface area (Å²) in [6, 6.07) is 4.62. The van der Waals surface area contributed by atoms with E-state index in [9.17, 15) is 13.2 Å². The van der Waals surface area contributed by atoms with Gasteiger partial charge in [-0.3, -0.25) is 0 Å². The summed E-state index contributed by atoms with van der Waals surface area (Å²) in [7, 11) is -1.96. The van der Waals surface area contributed by atoms with E-state index in [1.165, 1.54) is 25.3 Å². The van der Waals surface area contributed by atoms with Crippen molar-refractivity contribution in [3.8, 4) is 5.75 Å². The van der Waals surface area contributed by atoms with Gasteiger partial charge >= 0.3 is 0 Å². The number of isocyanates is 1. The highest BCUT2D eigenvalue weighted by Crippen LogP contribution is 2.24. The molecule has 0 fully saturated rings. The van der Waals surface area contributed by atoms with Crippen LogP contribution >= 0.6 is 0 Å². The summed E-state index contributed by atoms with van der Waals surface area (Å²) in [6.45, 7) is 0.107. The van der Waals surface area contributed by atoms with Crippen LogP contribution in [-0.4, -0.2) is 27.9 Å². The molecule has 1 aromatic carbocycles. The smallest absolute Gasteiger partial charge is 0.235 e. The molecule has 0 amide bonds. The van der Waals surface area contributed by atoms with Gasteiger partial charge in [0.15, 0.2) is 9.84 Å². The molecule has 1 rings (SSSR count). The molecule has 0 radical (unpaired) electrons. The molecule has 0 spiro atoms. The van der Waals surface area contributed by atoms with Crippen molar-refractivity contribution in [1.82, 2.24) is 0 Å².